The zero-order valence-electron chi connectivity index (χ0n) is 11.3. The molecule has 0 amide bonds. The molecular weight excluding hydrogens is 236 g/mol. The summed E-state index contributed by atoms with van der Waals surface area (Å²) >= 11 is 0. The smallest absolute Gasteiger partial charge is 0.138 e. The van der Waals surface area contributed by atoms with E-state index in [4.69, 9.17) is 5.73 Å². The van der Waals surface area contributed by atoms with Crippen molar-refractivity contribution in [2.24, 2.45) is 0 Å². The van der Waals surface area contributed by atoms with Gasteiger partial charge in [-0.25, -0.2) is 9.97 Å². The molecule has 4 nitrogen and oxygen atoms in total. The molecule has 2 aromatic rings. The van der Waals surface area contributed by atoms with E-state index in [1.54, 1.807) is 0 Å². The number of nitrogens with two attached hydrogens (primary N) is 1. The normalized spacial score (nSPS) is 13.9. The van der Waals surface area contributed by atoms with Crippen LogP contribution in [0, 0.1) is 0 Å². The van der Waals surface area contributed by atoms with Gasteiger partial charge in [0.05, 0.1) is 0 Å². The lowest BCUT2D eigenvalue weighted by Gasteiger charge is -2.19. The van der Waals surface area contributed by atoms with Gasteiger partial charge in [-0.3, -0.25) is 0 Å². The molecule has 0 radical (unpaired) electrons. The maximum absolute atomic E-state index is 5.91. The molecule has 1 aromatic heterocycles. The van der Waals surface area contributed by atoms with E-state index in [1.807, 2.05) is 6.07 Å². The third-order valence-electron chi connectivity index (χ3n) is 3.43. The van der Waals surface area contributed by atoms with Crippen LogP contribution in [-0.2, 0) is 6.42 Å². The van der Waals surface area contributed by atoms with E-state index < -0.39 is 0 Å². The summed E-state index contributed by atoms with van der Waals surface area (Å²) in [7, 11) is 0. The minimum atomic E-state index is 0.278. The molecule has 1 aliphatic heterocycles. The molecule has 4 heteroatoms. The van der Waals surface area contributed by atoms with Crippen molar-refractivity contribution in [1.82, 2.24) is 9.97 Å². The zero-order valence-corrected chi connectivity index (χ0v) is 11.3. The van der Waals surface area contributed by atoms with E-state index in [0.717, 1.165) is 24.6 Å². The lowest BCUT2D eigenvalue weighted by molar-refractivity contribution is 0.772. The fraction of sp³-hybridized carbons (Fsp3) is 0.333. The Balaban J connectivity index is 2.04. The predicted octanol–water partition coefficient (Wildman–Crippen LogP) is 2.88. The van der Waals surface area contributed by atoms with Crippen molar-refractivity contribution in [2.45, 2.75) is 26.2 Å². The Labute approximate surface area is 113 Å². The van der Waals surface area contributed by atoms with Crippen LogP contribution < -0.4 is 10.6 Å². The molecular formula is C15H18N4. The summed E-state index contributed by atoms with van der Waals surface area (Å²) < 4.78 is 0. The van der Waals surface area contributed by atoms with Crippen LogP contribution in [0.1, 0.15) is 31.2 Å². The molecule has 98 valence electrons. The molecule has 0 aliphatic carbocycles. The van der Waals surface area contributed by atoms with Crippen molar-refractivity contribution in [1.29, 1.82) is 0 Å². The van der Waals surface area contributed by atoms with E-state index in [9.17, 15) is 0 Å². The maximum atomic E-state index is 5.91. The first-order chi connectivity index (χ1) is 9.15. The number of nitrogen functional groups attached to an aromatic ring is 1. The number of hydrogen-bond acceptors (Lipinski definition) is 4. The molecule has 1 aromatic carbocycles. The lowest BCUT2D eigenvalue weighted by atomic mass is 10.2. The van der Waals surface area contributed by atoms with Crippen molar-refractivity contribution >= 4 is 17.3 Å². The van der Waals surface area contributed by atoms with Crippen LogP contribution >= 0.6 is 0 Å². The van der Waals surface area contributed by atoms with Gasteiger partial charge in [0.15, 0.2) is 0 Å². The highest BCUT2D eigenvalue weighted by molar-refractivity contribution is 5.68. The third-order valence-corrected chi connectivity index (χ3v) is 3.43. The van der Waals surface area contributed by atoms with E-state index in [1.165, 1.54) is 11.3 Å². The number of para-hydroxylation sites is 1. The standard InChI is InChI=1S/C15H18N4/c1-10(2)15-17-13(16)9-14(18-15)19-8-7-11-5-3-4-6-12(11)19/h3-6,9-10H,7-8H2,1-2H3,(H2,16,17,18). The van der Waals surface area contributed by atoms with Crippen molar-refractivity contribution in [3.8, 4) is 0 Å². The molecule has 0 saturated heterocycles. The second kappa shape index (κ2) is 4.53. The Morgan fingerprint density at radius 2 is 2.00 bits per heavy atom. The molecule has 3 rings (SSSR count). The van der Waals surface area contributed by atoms with Gasteiger partial charge in [0.2, 0.25) is 0 Å². The number of nitrogens with zero attached hydrogens (tertiary/aromatic N) is 3. The lowest BCUT2D eigenvalue weighted by Crippen LogP contribution is -2.17. The van der Waals surface area contributed by atoms with Crippen molar-refractivity contribution in [3.63, 3.8) is 0 Å². The van der Waals surface area contributed by atoms with E-state index >= 15 is 0 Å². The molecule has 0 bridgehead atoms. The third kappa shape index (κ3) is 2.14. The molecule has 0 atom stereocenters. The Morgan fingerprint density at radius 1 is 1.21 bits per heavy atom. The number of rotatable bonds is 2. The first-order valence-corrected chi connectivity index (χ1v) is 6.65. The Kier molecular flexibility index (Phi) is 2.85. The van der Waals surface area contributed by atoms with Crippen molar-refractivity contribution < 1.29 is 0 Å². The quantitative estimate of drug-likeness (QED) is 0.895. The summed E-state index contributed by atoms with van der Waals surface area (Å²) in [4.78, 5) is 11.2. The minimum absolute atomic E-state index is 0.278. The van der Waals surface area contributed by atoms with Crippen molar-refractivity contribution in [3.05, 3.63) is 41.7 Å². The van der Waals surface area contributed by atoms with Crippen LogP contribution in [0.5, 0.6) is 0 Å². The summed E-state index contributed by atoms with van der Waals surface area (Å²) in [5.41, 5.74) is 8.51. The summed E-state index contributed by atoms with van der Waals surface area (Å²) in [6.07, 6.45) is 1.05. The highest BCUT2D eigenvalue weighted by Gasteiger charge is 2.21. The molecule has 1 aliphatic rings. The van der Waals surface area contributed by atoms with Gasteiger partial charge in [-0.1, -0.05) is 32.0 Å². The Hall–Kier alpha value is -2.10. The average Bonchev–Trinajstić information content (AvgIpc) is 2.81. The topological polar surface area (TPSA) is 55.0 Å². The number of anilines is 3. The number of benzene rings is 1. The van der Waals surface area contributed by atoms with Crippen LogP contribution in [0.4, 0.5) is 17.3 Å². The van der Waals surface area contributed by atoms with Gasteiger partial charge in [-0.05, 0) is 18.1 Å². The minimum Gasteiger partial charge on any atom is -0.384 e. The molecule has 0 unspecified atom stereocenters. The number of aromatic nitrogens is 2. The summed E-state index contributed by atoms with van der Waals surface area (Å²) in [6.45, 7) is 5.11. The molecule has 0 spiro atoms. The van der Waals surface area contributed by atoms with Crippen LogP contribution in [0.15, 0.2) is 30.3 Å². The largest absolute Gasteiger partial charge is 0.384 e. The molecule has 19 heavy (non-hydrogen) atoms. The van der Waals surface area contributed by atoms with Crippen LogP contribution in [0.3, 0.4) is 0 Å². The monoisotopic (exact) mass is 254 g/mol. The van der Waals surface area contributed by atoms with Crippen LogP contribution in [-0.4, -0.2) is 16.5 Å². The molecule has 2 heterocycles. The van der Waals surface area contributed by atoms with E-state index in [0.29, 0.717) is 5.82 Å². The average molecular weight is 254 g/mol. The maximum Gasteiger partial charge on any atom is 0.138 e. The predicted molar refractivity (Wildman–Crippen MR) is 77.7 cm³/mol. The van der Waals surface area contributed by atoms with Gasteiger partial charge in [0.25, 0.3) is 0 Å². The Bertz CT molecular complexity index is 607. The van der Waals surface area contributed by atoms with Gasteiger partial charge in [0.1, 0.15) is 17.5 Å². The fourth-order valence-electron chi connectivity index (χ4n) is 2.44. The summed E-state index contributed by atoms with van der Waals surface area (Å²) in [5.74, 6) is 2.53. The molecule has 0 fully saturated rings. The van der Waals surface area contributed by atoms with Crippen LogP contribution in [0.2, 0.25) is 0 Å². The first kappa shape index (κ1) is 12.0. The second-order valence-corrected chi connectivity index (χ2v) is 5.19. The highest BCUT2D eigenvalue weighted by Crippen LogP contribution is 2.34. The summed E-state index contributed by atoms with van der Waals surface area (Å²) in [5, 5.41) is 0. The second-order valence-electron chi connectivity index (χ2n) is 5.19. The van der Waals surface area contributed by atoms with Crippen molar-refractivity contribution in [2.75, 3.05) is 17.2 Å². The number of fused-ring (bicyclic) bond motifs is 1. The fourth-order valence-corrected chi connectivity index (χ4v) is 2.44. The summed E-state index contributed by atoms with van der Waals surface area (Å²) in [6, 6.07) is 10.3. The zero-order chi connectivity index (χ0) is 13.4. The number of hydrogen-bond donors (Lipinski definition) is 1. The highest BCUT2D eigenvalue weighted by atomic mass is 15.2. The van der Waals surface area contributed by atoms with Gasteiger partial charge >= 0.3 is 0 Å². The molecule has 2 N–H and O–H groups in total. The van der Waals surface area contributed by atoms with Gasteiger partial charge in [-0.15, -0.1) is 0 Å². The van der Waals surface area contributed by atoms with Gasteiger partial charge in [-0.2, -0.15) is 0 Å². The first-order valence-electron chi connectivity index (χ1n) is 6.65. The van der Waals surface area contributed by atoms with E-state index in [2.05, 4.69) is 53.0 Å². The van der Waals surface area contributed by atoms with Gasteiger partial charge < -0.3 is 10.6 Å². The Morgan fingerprint density at radius 3 is 2.79 bits per heavy atom. The SMILES string of the molecule is CC(C)c1nc(N)cc(N2CCc3ccccc32)n1. The van der Waals surface area contributed by atoms with Crippen LogP contribution in [0.25, 0.3) is 0 Å². The van der Waals surface area contributed by atoms with Gasteiger partial charge in [0, 0.05) is 24.2 Å². The van der Waals surface area contributed by atoms with E-state index in [-0.39, 0.29) is 5.92 Å². The molecule has 0 saturated carbocycles.